The van der Waals surface area contributed by atoms with Crippen LogP contribution < -0.4 is 15.6 Å². The molecule has 0 aliphatic carbocycles. The van der Waals surface area contributed by atoms with Crippen molar-refractivity contribution in [2.75, 3.05) is 12.1 Å². The zero-order valence-corrected chi connectivity index (χ0v) is 11.7. The number of hydrogen-bond donors (Lipinski definition) is 1. The molecule has 0 aliphatic heterocycles. The standard InChI is InChI=1S/C14H16ClN3O/c1-10-5-3-6-12(18(2)16)11(10)9-19-13-7-4-8-17-14(13)15/h3-8H,9,16H2,1-2H3. The maximum Gasteiger partial charge on any atom is 0.171 e. The van der Waals surface area contributed by atoms with E-state index in [2.05, 4.69) is 4.98 Å². The Kier molecular flexibility index (Phi) is 4.24. The average Bonchev–Trinajstić information content (AvgIpc) is 2.38. The Labute approximate surface area is 117 Å². The van der Waals surface area contributed by atoms with E-state index in [1.807, 2.05) is 25.1 Å². The average molecular weight is 278 g/mol. The van der Waals surface area contributed by atoms with Gasteiger partial charge >= 0.3 is 0 Å². The topological polar surface area (TPSA) is 51.4 Å². The van der Waals surface area contributed by atoms with Crippen LogP contribution in [0.1, 0.15) is 11.1 Å². The van der Waals surface area contributed by atoms with Gasteiger partial charge in [0.25, 0.3) is 0 Å². The molecule has 0 saturated heterocycles. The van der Waals surface area contributed by atoms with E-state index in [1.165, 1.54) is 0 Å². The third-order valence-corrected chi connectivity index (χ3v) is 3.15. The van der Waals surface area contributed by atoms with Gasteiger partial charge in [0, 0.05) is 18.8 Å². The second-order valence-electron chi connectivity index (χ2n) is 4.26. The maximum atomic E-state index is 5.96. The van der Waals surface area contributed by atoms with Gasteiger partial charge in [-0.25, -0.2) is 10.8 Å². The Hall–Kier alpha value is -1.78. The number of hydrazine groups is 1. The third-order valence-electron chi connectivity index (χ3n) is 2.86. The van der Waals surface area contributed by atoms with Gasteiger partial charge in [0.1, 0.15) is 6.61 Å². The first-order chi connectivity index (χ1) is 9.09. The second-order valence-corrected chi connectivity index (χ2v) is 4.62. The molecule has 0 amide bonds. The number of aryl methyl sites for hydroxylation is 1. The molecule has 2 N–H and O–H groups in total. The summed E-state index contributed by atoms with van der Waals surface area (Å²) in [5.74, 6) is 6.39. The fourth-order valence-electron chi connectivity index (χ4n) is 1.83. The van der Waals surface area contributed by atoms with Gasteiger partial charge in [-0.1, -0.05) is 23.7 Å². The third kappa shape index (κ3) is 3.16. The zero-order chi connectivity index (χ0) is 13.8. The molecule has 0 bridgehead atoms. The van der Waals surface area contributed by atoms with Gasteiger partial charge in [0.2, 0.25) is 0 Å². The van der Waals surface area contributed by atoms with Crippen LogP contribution >= 0.6 is 11.6 Å². The van der Waals surface area contributed by atoms with Gasteiger partial charge < -0.3 is 9.75 Å². The molecule has 1 aromatic heterocycles. The minimum absolute atomic E-state index is 0.360. The molecule has 2 aromatic rings. The van der Waals surface area contributed by atoms with Crippen molar-refractivity contribution >= 4 is 17.3 Å². The first-order valence-electron chi connectivity index (χ1n) is 5.90. The predicted molar refractivity (Wildman–Crippen MR) is 77.3 cm³/mol. The normalized spacial score (nSPS) is 10.3. The highest BCUT2D eigenvalue weighted by Gasteiger charge is 2.09. The van der Waals surface area contributed by atoms with Crippen LogP contribution in [0, 0.1) is 6.92 Å². The number of benzene rings is 1. The van der Waals surface area contributed by atoms with Crippen LogP contribution in [0.25, 0.3) is 0 Å². The molecule has 0 atom stereocenters. The molecule has 0 unspecified atom stereocenters. The molecular formula is C14H16ClN3O. The minimum Gasteiger partial charge on any atom is -0.486 e. The molecule has 1 heterocycles. The molecule has 100 valence electrons. The molecule has 0 spiro atoms. The summed E-state index contributed by atoms with van der Waals surface area (Å²) in [6.45, 7) is 2.42. The van der Waals surface area contributed by atoms with Crippen LogP contribution in [0.2, 0.25) is 5.15 Å². The lowest BCUT2D eigenvalue weighted by Crippen LogP contribution is -2.26. The molecule has 4 nitrogen and oxygen atoms in total. The minimum atomic E-state index is 0.360. The number of hydrogen-bond acceptors (Lipinski definition) is 4. The van der Waals surface area contributed by atoms with E-state index in [-0.39, 0.29) is 0 Å². The number of aromatic nitrogens is 1. The maximum absolute atomic E-state index is 5.96. The van der Waals surface area contributed by atoms with Gasteiger partial charge in [0.15, 0.2) is 10.9 Å². The monoisotopic (exact) mass is 277 g/mol. The number of halogens is 1. The lowest BCUT2D eigenvalue weighted by Gasteiger charge is -2.19. The van der Waals surface area contributed by atoms with E-state index in [4.69, 9.17) is 22.2 Å². The largest absolute Gasteiger partial charge is 0.486 e. The van der Waals surface area contributed by atoms with Crippen molar-refractivity contribution < 1.29 is 4.74 Å². The second kappa shape index (κ2) is 5.91. The number of nitrogens with zero attached hydrogens (tertiary/aromatic N) is 2. The predicted octanol–water partition coefficient (Wildman–Crippen LogP) is 2.93. The van der Waals surface area contributed by atoms with E-state index in [0.29, 0.717) is 17.5 Å². The number of pyridine rings is 1. The molecule has 0 saturated carbocycles. The van der Waals surface area contributed by atoms with Crippen LogP contribution in [-0.2, 0) is 6.61 Å². The lowest BCUT2D eigenvalue weighted by atomic mass is 10.1. The fraction of sp³-hybridized carbons (Fsp3) is 0.214. The lowest BCUT2D eigenvalue weighted by molar-refractivity contribution is 0.304. The summed E-state index contributed by atoms with van der Waals surface area (Å²) >= 11 is 5.96. The van der Waals surface area contributed by atoms with Gasteiger partial charge in [-0.15, -0.1) is 0 Å². The van der Waals surface area contributed by atoms with Gasteiger partial charge in [-0.05, 0) is 30.7 Å². The van der Waals surface area contributed by atoms with Crippen molar-refractivity contribution in [1.82, 2.24) is 4.98 Å². The Morgan fingerprint density at radius 2 is 2.11 bits per heavy atom. The first kappa shape index (κ1) is 13.6. The van der Waals surface area contributed by atoms with E-state index < -0.39 is 0 Å². The fourth-order valence-corrected chi connectivity index (χ4v) is 2.01. The summed E-state index contributed by atoms with van der Waals surface area (Å²) in [6.07, 6.45) is 1.63. The molecule has 2 rings (SSSR count). The Balaban J connectivity index is 2.22. The zero-order valence-electron chi connectivity index (χ0n) is 10.9. The Bertz CT molecular complexity index is 572. The van der Waals surface area contributed by atoms with Gasteiger partial charge in [0.05, 0.1) is 5.69 Å². The number of anilines is 1. The van der Waals surface area contributed by atoms with Crippen molar-refractivity contribution in [2.45, 2.75) is 13.5 Å². The molecule has 19 heavy (non-hydrogen) atoms. The number of ether oxygens (including phenoxy) is 1. The SMILES string of the molecule is Cc1cccc(N(C)N)c1COc1cccnc1Cl. The molecule has 0 aliphatic rings. The quantitative estimate of drug-likeness (QED) is 0.530. The molecule has 1 aromatic carbocycles. The Morgan fingerprint density at radius 3 is 2.79 bits per heavy atom. The van der Waals surface area contributed by atoms with Crippen molar-refractivity contribution in [2.24, 2.45) is 5.84 Å². The molecule has 0 fully saturated rings. The molecule has 5 heteroatoms. The highest BCUT2D eigenvalue weighted by Crippen LogP contribution is 2.26. The van der Waals surface area contributed by atoms with Crippen LogP contribution in [0.3, 0.4) is 0 Å². The van der Waals surface area contributed by atoms with E-state index in [0.717, 1.165) is 16.8 Å². The van der Waals surface area contributed by atoms with Gasteiger partial charge in [-0.2, -0.15) is 0 Å². The smallest absolute Gasteiger partial charge is 0.171 e. The summed E-state index contributed by atoms with van der Waals surface area (Å²) in [5.41, 5.74) is 3.09. The summed E-state index contributed by atoms with van der Waals surface area (Å²) in [7, 11) is 1.80. The van der Waals surface area contributed by atoms with Crippen molar-refractivity contribution in [3.63, 3.8) is 0 Å². The first-order valence-corrected chi connectivity index (χ1v) is 6.27. The van der Waals surface area contributed by atoms with E-state index in [9.17, 15) is 0 Å². The number of rotatable bonds is 4. The van der Waals surface area contributed by atoms with E-state index in [1.54, 1.807) is 30.4 Å². The van der Waals surface area contributed by atoms with Crippen LogP contribution in [0.5, 0.6) is 5.75 Å². The van der Waals surface area contributed by atoms with Crippen LogP contribution in [-0.4, -0.2) is 12.0 Å². The van der Waals surface area contributed by atoms with E-state index >= 15 is 0 Å². The Morgan fingerprint density at radius 1 is 1.32 bits per heavy atom. The molecule has 0 radical (unpaired) electrons. The van der Waals surface area contributed by atoms with Crippen molar-refractivity contribution in [3.8, 4) is 5.75 Å². The van der Waals surface area contributed by atoms with Gasteiger partial charge in [-0.3, -0.25) is 0 Å². The van der Waals surface area contributed by atoms with Crippen molar-refractivity contribution in [1.29, 1.82) is 0 Å². The highest BCUT2D eigenvalue weighted by atomic mass is 35.5. The summed E-state index contributed by atoms with van der Waals surface area (Å²) in [4.78, 5) is 3.98. The van der Waals surface area contributed by atoms with Crippen LogP contribution in [0.15, 0.2) is 36.5 Å². The number of nitrogens with two attached hydrogens (primary N) is 1. The summed E-state index contributed by atoms with van der Waals surface area (Å²) < 4.78 is 5.72. The molecular weight excluding hydrogens is 262 g/mol. The summed E-state index contributed by atoms with van der Waals surface area (Å²) in [5, 5.41) is 1.94. The summed E-state index contributed by atoms with van der Waals surface area (Å²) in [6, 6.07) is 9.52. The highest BCUT2D eigenvalue weighted by molar-refractivity contribution is 6.30. The van der Waals surface area contributed by atoms with Crippen LogP contribution in [0.4, 0.5) is 5.69 Å². The van der Waals surface area contributed by atoms with Crippen molar-refractivity contribution in [3.05, 3.63) is 52.8 Å².